The number of anilines is 2. The lowest BCUT2D eigenvalue weighted by atomic mass is 10.1. The summed E-state index contributed by atoms with van der Waals surface area (Å²) in [6.07, 6.45) is -0.704. The number of hydrogen-bond acceptors (Lipinski definition) is 4. The number of hydrogen-bond donors (Lipinski definition) is 3. The summed E-state index contributed by atoms with van der Waals surface area (Å²) in [6, 6.07) is 3.90. The number of aromatic nitrogens is 1. The monoisotopic (exact) mass is 179 g/mol. The third kappa shape index (κ3) is 1.45. The van der Waals surface area contributed by atoms with E-state index in [0.717, 1.165) is 17.2 Å². The summed E-state index contributed by atoms with van der Waals surface area (Å²) >= 11 is 0. The van der Waals surface area contributed by atoms with Crippen molar-refractivity contribution >= 4 is 11.5 Å². The van der Waals surface area contributed by atoms with Crippen LogP contribution in [0.15, 0.2) is 12.1 Å². The molecule has 0 bridgehead atoms. The summed E-state index contributed by atoms with van der Waals surface area (Å²) in [5, 5.41) is 14.9. The number of pyridine rings is 1. The van der Waals surface area contributed by atoms with Gasteiger partial charge in [-0.2, -0.15) is 0 Å². The molecule has 1 aliphatic heterocycles. The Kier molecular flexibility index (Phi) is 1.84. The summed E-state index contributed by atoms with van der Waals surface area (Å²) in [7, 11) is 0. The Morgan fingerprint density at radius 3 is 2.85 bits per heavy atom. The van der Waals surface area contributed by atoms with E-state index in [1.807, 2.05) is 12.1 Å². The summed E-state index contributed by atoms with van der Waals surface area (Å²) in [4.78, 5) is 4.37. The van der Waals surface area contributed by atoms with Gasteiger partial charge in [-0.3, -0.25) is 0 Å². The lowest BCUT2D eigenvalue weighted by Crippen LogP contribution is -2.20. The standard InChI is InChI=1S/C9H13N3O/c1-5(2)6-3-4-7-8(10-6)12-9(13)11-7/h3-5,9,11,13H,1-2H3,(H,10,12). The topological polar surface area (TPSA) is 57.2 Å². The molecule has 0 radical (unpaired) electrons. The molecule has 0 spiro atoms. The van der Waals surface area contributed by atoms with E-state index < -0.39 is 6.35 Å². The van der Waals surface area contributed by atoms with E-state index >= 15 is 0 Å². The van der Waals surface area contributed by atoms with Crippen LogP contribution < -0.4 is 10.6 Å². The molecule has 1 aliphatic rings. The molecular formula is C9H13N3O. The van der Waals surface area contributed by atoms with Gasteiger partial charge in [0, 0.05) is 5.69 Å². The summed E-state index contributed by atoms with van der Waals surface area (Å²) in [5.41, 5.74) is 1.89. The molecule has 4 nitrogen and oxygen atoms in total. The van der Waals surface area contributed by atoms with Crippen molar-refractivity contribution in [3.63, 3.8) is 0 Å². The SMILES string of the molecule is CC(C)c1ccc2c(n1)NC(O)N2. The van der Waals surface area contributed by atoms with Gasteiger partial charge >= 0.3 is 0 Å². The molecule has 1 aromatic heterocycles. The minimum atomic E-state index is -0.704. The van der Waals surface area contributed by atoms with E-state index in [-0.39, 0.29) is 0 Å². The first-order valence-corrected chi connectivity index (χ1v) is 4.39. The Hall–Kier alpha value is -1.29. The maximum Gasteiger partial charge on any atom is 0.204 e. The summed E-state index contributed by atoms with van der Waals surface area (Å²) < 4.78 is 0. The fourth-order valence-electron chi connectivity index (χ4n) is 1.34. The van der Waals surface area contributed by atoms with Gasteiger partial charge < -0.3 is 15.7 Å². The van der Waals surface area contributed by atoms with Crippen LogP contribution in [0.5, 0.6) is 0 Å². The van der Waals surface area contributed by atoms with Crippen LogP contribution in [0, 0.1) is 0 Å². The highest BCUT2D eigenvalue weighted by Crippen LogP contribution is 2.27. The van der Waals surface area contributed by atoms with Crippen molar-refractivity contribution in [3.8, 4) is 0 Å². The van der Waals surface area contributed by atoms with Gasteiger partial charge in [-0.05, 0) is 18.1 Å². The molecule has 2 rings (SSSR count). The first-order chi connectivity index (χ1) is 6.16. The molecular weight excluding hydrogens is 166 g/mol. The quantitative estimate of drug-likeness (QED) is 0.608. The van der Waals surface area contributed by atoms with Crippen molar-refractivity contribution in [2.24, 2.45) is 0 Å². The van der Waals surface area contributed by atoms with Crippen molar-refractivity contribution in [2.45, 2.75) is 26.1 Å². The Bertz CT molecular complexity index is 325. The fraction of sp³-hybridized carbons (Fsp3) is 0.444. The molecule has 3 N–H and O–H groups in total. The molecule has 13 heavy (non-hydrogen) atoms. The van der Waals surface area contributed by atoms with Crippen LogP contribution in [-0.4, -0.2) is 16.4 Å². The average molecular weight is 179 g/mol. The van der Waals surface area contributed by atoms with Gasteiger partial charge in [0.05, 0.1) is 5.69 Å². The molecule has 2 heterocycles. The second-order valence-corrected chi connectivity index (χ2v) is 3.48. The van der Waals surface area contributed by atoms with Gasteiger partial charge in [0.2, 0.25) is 6.35 Å². The molecule has 1 atom stereocenters. The maximum atomic E-state index is 9.22. The highest BCUT2D eigenvalue weighted by molar-refractivity contribution is 5.69. The van der Waals surface area contributed by atoms with Crippen LogP contribution in [0.2, 0.25) is 0 Å². The zero-order chi connectivity index (χ0) is 9.42. The number of nitrogens with zero attached hydrogens (tertiary/aromatic N) is 1. The van der Waals surface area contributed by atoms with Crippen LogP contribution in [0.25, 0.3) is 0 Å². The van der Waals surface area contributed by atoms with Gasteiger partial charge in [-0.1, -0.05) is 13.8 Å². The van der Waals surface area contributed by atoms with E-state index in [9.17, 15) is 5.11 Å². The first-order valence-electron chi connectivity index (χ1n) is 4.39. The van der Waals surface area contributed by atoms with E-state index in [2.05, 4.69) is 29.5 Å². The highest BCUT2D eigenvalue weighted by atomic mass is 16.3. The molecule has 0 fully saturated rings. The molecule has 0 amide bonds. The lowest BCUT2D eigenvalue weighted by molar-refractivity contribution is 0.238. The minimum Gasteiger partial charge on any atom is -0.357 e. The van der Waals surface area contributed by atoms with Crippen molar-refractivity contribution in [1.29, 1.82) is 0 Å². The second-order valence-electron chi connectivity index (χ2n) is 3.48. The number of aliphatic hydroxyl groups is 1. The first kappa shape index (κ1) is 8.31. The third-order valence-electron chi connectivity index (χ3n) is 2.07. The number of aliphatic hydroxyl groups excluding tert-OH is 1. The van der Waals surface area contributed by atoms with Crippen molar-refractivity contribution in [3.05, 3.63) is 17.8 Å². The second kappa shape index (κ2) is 2.88. The van der Waals surface area contributed by atoms with E-state index in [1.165, 1.54) is 0 Å². The van der Waals surface area contributed by atoms with E-state index in [0.29, 0.717) is 5.92 Å². The fourth-order valence-corrected chi connectivity index (χ4v) is 1.34. The van der Waals surface area contributed by atoms with Crippen LogP contribution >= 0.6 is 0 Å². The van der Waals surface area contributed by atoms with Gasteiger partial charge in [0.25, 0.3) is 0 Å². The Morgan fingerprint density at radius 1 is 1.38 bits per heavy atom. The molecule has 70 valence electrons. The molecule has 0 saturated heterocycles. The summed E-state index contributed by atoms with van der Waals surface area (Å²) in [6.45, 7) is 4.18. The van der Waals surface area contributed by atoms with Gasteiger partial charge in [0.1, 0.15) is 0 Å². The summed E-state index contributed by atoms with van der Waals surface area (Å²) in [5.74, 6) is 1.14. The molecule has 0 aromatic carbocycles. The van der Waals surface area contributed by atoms with Gasteiger partial charge in [0.15, 0.2) is 5.82 Å². The number of rotatable bonds is 1. The van der Waals surface area contributed by atoms with Gasteiger partial charge in [-0.25, -0.2) is 4.98 Å². The lowest BCUT2D eigenvalue weighted by Gasteiger charge is -2.05. The van der Waals surface area contributed by atoms with Crippen LogP contribution in [0.1, 0.15) is 25.5 Å². The number of nitrogens with one attached hydrogen (secondary N) is 2. The van der Waals surface area contributed by atoms with E-state index in [4.69, 9.17) is 0 Å². The predicted octanol–water partition coefficient (Wildman–Crippen LogP) is 1.32. The molecule has 0 saturated carbocycles. The Morgan fingerprint density at radius 2 is 2.15 bits per heavy atom. The van der Waals surface area contributed by atoms with Gasteiger partial charge in [-0.15, -0.1) is 0 Å². The van der Waals surface area contributed by atoms with Crippen molar-refractivity contribution in [1.82, 2.24) is 4.98 Å². The number of fused-ring (bicyclic) bond motifs is 1. The van der Waals surface area contributed by atoms with Crippen LogP contribution in [-0.2, 0) is 0 Å². The zero-order valence-corrected chi connectivity index (χ0v) is 7.70. The molecule has 1 aromatic rings. The molecule has 4 heteroatoms. The van der Waals surface area contributed by atoms with Crippen LogP contribution in [0.4, 0.5) is 11.5 Å². The predicted molar refractivity (Wildman–Crippen MR) is 51.6 cm³/mol. The minimum absolute atomic E-state index is 0.407. The van der Waals surface area contributed by atoms with Crippen molar-refractivity contribution in [2.75, 3.05) is 10.6 Å². The Balaban J connectivity index is 2.35. The molecule has 0 aliphatic carbocycles. The van der Waals surface area contributed by atoms with Crippen LogP contribution in [0.3, 0.4) is 0 Å². The zero-order valence-electron chi connectivity index (χ0n) is 7.70. The Labute approximate surface area is 77.0 Å². The normalized spacial score (nSPS) is 19.5. The molecule has 1 unspecified atom stereocenters. The maximum absolute atomic E-state index is 9.22. The van der Waals surface area contributed by atoms with Crippen molar-refractivity contribution < 1.29 is 5.11 Å². The largest absolute Gasteiger partial charge is 0.357 e. The average Bonchev–Trinajstić information content (AvgIpc) is 2.42. The third-order valence-corrected chi connectivity index (χ3v) is 2.07. The highest BCUT2D eigenvalue weighted by Gasteiger charge is 2.18. The van der Waals surface area contributed by atoms with E-state index in [1.54, 1.807) is 0 Å². The smallest absolute Gasteiger partial charge is 0.204 e.